The normalized spacial score (nSPS) is 14.3. The number of hydrogen-bond acceptors (Lipinski definition) is 7. The number of nitrogens with zero attached hydrogens (tertiary/aromatic N) is 9. The molecule has 6 aromatic rings. The fourth-order valence-electron chi connectivity index (χ4n) is 8.38. The fourth-order valence-corrected chi connectivity index (χ4v) is 8.38. The first-order chi connectivity index (χ1) is 29.8. The quantitative estimate of drug-likeness (QED) is 0.152. The number of rotatable bonds is 8. The molecular formula is C51H59N9O2. The Labute approximate surface area is 366 Å². The molecule has 11 heteroatoms. The smallest absolute Gasteiger partial charge is 0.244 e. The minimum absolute atomic E-state index is 0.112. The second kappa shape index (κ2) is 18.9. The van der Waals surface area contributed by atoms with Gasteiger partial charge in [-0.3, -0.25) is 19.0 Å². The minimum Gasteiger partial charge on any atom is -0.367 e. The summed E-state index contributed by atoms with van der Waals surface area (Å²) < 4.78 is 3.59. The van der Waals surface area contributed by atoms with Crippen molar-refractivity contribution < 1.29 is 9.59 Å². The molecule has 2 amide bonds. The van der Waals surface area contributed by atoms with Gasteiger partial charge in [-0.1, -0.05) is 93.6 Å². The lowest BCUT2D eigenvalue weighted by molar-refractivity contribution is -0.133. The van der Waals surface area contributed by atoms with Gasteiger partial charge in [0.25, 0.3) is 0 Å². The molecular weight excluding hydrogens is 771 g/mol. The van der Waals surface area contributed by atoms with E-state index in [1.165, 1.54) is 22.4 Å². The Hall–Kier alpha value is -6.67. The monoisotopic (exact) mass is 829 g/mol. The van der Waals surface area contributed by atoms with Crippen LogP contribution in [0.5, 0.6) is 0 Å². The lowest BCUT2D eigenvalue weighted by Crippen LogP contribution is -2.49. The van der Waals surface area contributed by atoms with Gasteiger partial charge in [-0.25, -0.2) is 0 Å². The summed E-state index contributed by atoms with van der Waals surface area (Å²) in [4.78, 5) is 34.2. The molecule has 320 valence electrons. The summed E-state index contributed by atoms with van der Waals surface area (Å²) in [5, 5.41) is 17.9. The molecule has 0 atom stereocenters. The van der Waals surface area contributed by atoms with Gasteiger partial charge in [-0.2, -0.15) is 15.5 Å². The van der Waals surface area contributed by atoms with E-state index in [-0.39, 0.29) is 17.2 Å². The van der Waals surface area contributed by atoms with Crippen LogP contribution in [0.4, 0.5) is 11.4 Å². The molecule has 8 rings (SSSR count). The van der Waals surface area contributed by atoms with Crippen LogP contribution in [0.3, 0.4) is 0 Å². The van der Waals surface area contributed by atoms with Crippen LogP contribution in [0, 0.1) is 39.0 Å². The van der Waals surface area contributed by atoms with Crippen molar-refractivity contribution in [3.05, 3.63) is 143 Å². The molecule has 2 aliphatic rings. The van der Waals surface area contributed by atoms with Crippen LogP contribution in [0.1, 0.15) is 54.7 Å². The maximum Gasteiger partial charge on any atom is 0.244 e. The Morgan fingerprint density at radius 3 is 1.31 bits per heavy atom. The average Bonchev–Trinajstić information content (AvgIpc) is 3.78. The van der Waals surface area contributed by atoms with Gasteiger partial charge < -0.3 is 19.6 Å². The van der Waals surface area contributed by atoms with E-state index in [4.69, 9.17) is 5.26 Å². The van der Waals surface area contributed by atoms with Gasteiger partial charge in [0.15, 0.2) is 0 Å². The SMILES string of the molecule is Cc1cc(C)n(CC(=O)N2CCN(c3ccccc3-c3ccc(C#N)cc3)CC2)n1.Cc1cc(C)n(CC(=O)N2CCN(c3ccccc3-c3ccc(C(C)(C)C)cc3)CC2)n1. The molecule has 4 aromatic carbocycles. The van der Waals surface area contributed by atoms with Crippen LogP contribution in [-0.4, -0.2) is 93.5 Å². The summed E-state index contributed by atoms with van der Waals surface area (Å²) in [7, 11) is 0. The van der Waals surface area contributed by atoms with E-state index in [0.29, 0.717) is 31.7 Å². The number of amides is 2. The van der Waals surface area contributed by atoms with Crippen LogP contribution in [0.15, 0.2) is 109 Å². The number of anilines is 2. The zero-order valence-corrected chi connectivity index (χ0v) is 37.3. The molecule has 0 spiro atoms. The molecule has 0 aliphatic carbocycles. The third-order valence-corrected chi connectivity index (χ3v) is 11.9. The van der Waals surface area contributed by atoms with Crippen molar-refractivity contribution in [1.29, 1.82) is 5.26 Å². The van der Waals surface area contributed by atoms with Crippen LogP contribution in [0.2, 0.25) is 0 Å². The van der Waals surface area contributed by atoms with Gasteiger partial charge in [0, 0.05) is 86.2 Å². The molecule has 2 fully saturated rings. The van der Waals surface area contributed by atoms with Crippen LogP contribution < -0.4 is 9.80 Å². The van der Waals surface area contributed by atoms with Gasteiger partial charge in [-0.05, 0) is 86.2 Å². The van der Waals surface area contributed by atoms with E-state index in [0.717, 1.165) is 78.9 Å². The lowest BCUT2D eigenvalue weighted by atomic mass is 9.86. The molecule has 62 heavy (non-hydrogen) atoms. The summed E-state index contributed by atoms with van der Waals surface area (Å²) in [5.74, 6) is 0.253. The summed E-state index contributed by atoms with van der Waals surface area (Å²) in [6.45, 7) is 21.3. The largest absolute Gasteiger partial charge is 0.367 e. The zero-order valence-electron chi connectivity index (χ0n) is 37.3. The van der Waals surface area contributed by atoms with E-state index >= 15 is 0 Å². The highest BCUT2D eigenvalue weighted by molar-refractivity contribution is 5.81. The average molecular weight is 830 g/mol. The lowest BCUT2D eigenvalue weighted by Gasteiger charge is -2.37. The Bertz CT molecular complexity index is 2520. The van der Waals surface area contributed by atoms with E-state index in [9.17, 15) is 9.59 Å². The molecule has 2 aliphatic heterocycles. The highest BCUT2D eigenvalue weighted by atomic mass is 16.2. The maximum absolute atomic E-state index is 12.8. The number of aryl methyl sites for hydroxylation is 4. The predicted molar refractivity (Wildman–Crippen MR) is 248 cm³/mol. The second-order valence-corrected chi connectivity index (χ2v) is 17.5. The maximum atomic E-state index is 12.8. The van der Waals surface area contributed by atoms with E-state index in [1.807, 2.05) is 86.0 Å². The van der Waals surface area contributed by atoms with Gasteiger partial charge in [-0.15, -0.1) is 0 Å². The van der Waals surface area contributed by atoms with Gasteiger partial charge in [0.05, 0.1) is 23.0 Å². The fraction of sp³-hybridized carbons (Fsp3) is 0.353. The highest BCUT2D eigenvalue weighted by Gasteiger charge is 2.25. The number of carbonyl (C=O) groups excluding carboxylic acids is 2. The topological polar surface area (TPSA) is 107 Å². The molecule has 0 N–H and O–H groups in total. The first-order valence-electron chi connectivity index (χ1n) is 21.6. The van der Waals surface area contributed by atoms with Crippen LogP contribution >= 0.6 is 0 Å². The third kappa shape index (κ3) is 10.3. The van der Waals surface area contributed by atoms with Crippen molar-refractivity contribution in [2.24, 2.45) is 0 Å². The molecule has 0 unspecified atom stereocenters. The minimum atomic E-state index is 0.112. The standard InChI is InChI=1S/C27H34N4O.C24H25N5O/c1-20-18-21(2)31(28-20)19-26(32)30-16-14-29(15-17-30)25-9-7-6-8-24(25)22-10-12-23(13-11-22)27(3,4)5;1-18-15-19(2)29(26-18)17-24(30)28-13-11-27(12-14-28)23-6-4-3-5-22(23)21-9-7-20(16-25)8-10-21/h6-13,18H,14-17,19H2,1-5H3;3-10,15H,11-14,17H2,1-2H3. The van der Waals surface area contributed by atoms with Crippen molar-refractivity contribution in [3.63, 3.8) is 0 Å². The summed E-state index contributed by atoms with van der Waals surface area (Å²) in [5.41, 5.74) is 13.2. The molecule has 4 heterocycles. The molecule has 0 radical (unpaired) electrons. The number of aromatic nitrogens is 4. The van der Waals surface area contributed by atoms with Crippen molar-refractivity contribution >= 4 is 23.2 Å². The van der Waals surface area contributed by atoms with E-state index < -0.39 is 0 Å². The first kappa shape index (κ1) is 43.4. The van der Waals surface area contributed by atoms with Gasteiger partial charge in [0.2, 0.25) is 11.8 Å². The van der Waals surface area contributed by atoms with E-state index in [1.54, 1.807) is 9.36 Å². The van der Waals surface area contributed by atoms with Crippen molar-refractivity contribution in [2.45, 2.75) is 67.0 Å². The van der Waals surface area contributed by atoms with Crippen LogP contribution in [-0.2, 0) is 28.1 Å². The van der Waals surface area contributed by atoms with E-state index in [2.05, 4.69) is 108 Å². The number of nitriles is 1. The Morgan fingerprint density at radius 2 is 0.952 bits per heavy atom. The summed E-state index contributed by atoms with van der Waals surface area (Å²) in [6, 6.07) is 39.7. The van der Waals surface area contributed by atoms with Crippen molar-refractivity contribution in [2.75, 3.05) is 62.2 Å². The number of para-hydroxylation sites is 2. The number of hydrogen-bond donors (Lipinski definition) is 0. The Morgan fingerprint density at radius 1 is 0.565 bits per heavy atom. The first-order valence-corrected chi connectivity index (χ1v) is 21.6. The molecule has 0 bridgehead atoms. The number of benzene rings is 4. The van der Waals surface area contributed by atoms with Crippen LogP contribution in [0.25, 0.3) is 22.3 Å². The predicted octanol–water partition coefficient (Wildman–Crippen LogP) is 8.20. The Balaban J connectivity index is 0.000000187. The Kier molecular flexibility index (Phi) is 13.3. The second-order valence-electron chi connectivity index (χ2n) is 17.5. The van der Waals surface area contributed by atoms with Gasteiger partial charge in [0.1, 0.15) is 13.1 Å². The summed E-state index contributed by atoms with van der Waals surface area (Å²) in [6.07, 6.45) is 0. The number of piperazine rings is 2. The molecule has 11 nitrogen and oxygen atoms in total. The van der Waals surface area contributed by atoms with Gasteiger partial charge >= 0.3 is 0 Å². The molecule has 0 saturated carbocycles. The zero-order chi connectivity index (χ0) is 44.0. The highest BCUT2D eigenvalue weighted by Crippen LogP contribution is 2.34. The molecule has 2 saturated heterocycles. The number of carbonyl (C=O) groups is 2. The molecule has 2 aromatic heterocycles. The van der Waals surface area contributed by atoms with Crippen molar-refractivity contribution in [1.82, 2.24) is 29.4 Å². The summed E-state index contributed by atoms with van der Waals surface area (Å²) >= 11 is 0. The van der Waals surface area contributed by atoms with Crippen molar-refractivity contribution in [3.8, 4) is 28.3 Å². The third-order valence-electron chi connectivity index (χ3n) is 11.9.